The standard InChI is InChI=1S/C29H29N7O5/c1-40-22-11-3-18(4-12-22)15-34-17-30-24-25-28(35(29(37)31-25)16-19-5-13-23(41-2)14-6-19)33-26(32-27(24)34)20-7-9-21(10-8-20)36(38)39/h3-6,11-14,17,20-21H,7-10,15-16H2,1-2H3. The molecular formula is C29H29N7O5. The average molecular weight is 556 g/mol. The summed E-state index contributed by atoms with van der Waals surface area (Å²) in [5.41, 5.74) is 2.90. The van der Waals surface area contributed by atoms with E-state index in [2.05, 4.69) is 9.97 Å². The van der Waals surface area contributed by atoms with Gasteiger partial charge in [0.15, 0.2) is 11.5 Å². The lowest BCUT2D eigenvalue weighted by atomic mass is 9.86. The molecule has 0 unspecified atom stereocenters. The molecule has 1 aliphatic carbocycles. The van der Waals surface area contributed by atoms with E-state index in [-0.39, 0.29) is 17.4 Å². The second-order valence-electron chi connectivity index (χ2n) is 10.3. The first-order chi connectivity index (χ1) is 19.9. The first kappa shape index (κ1) is 26.4. The van der Waals surface area contributed by atoms with Gasteiger partial charge in [0.2, 0.25) is 6.04 Å². The van der Waals surface area contributed by atoms with Gasteiger partial charge in [-0.3, -0.25) is 14.7 Å². The minimum Gasteiger partial charge on any atom is -0.497 e. The minimum absolute atomic E-state index is 0.0891. The summed E-state index contributed by atoms with van der Waals surface area (Å²) in [6, 6.07) is 14.6. The molecule has 3 aromatic rings. The summed E-state index contributed by atoms with van der Waals surface area (Å²) in [5, 5.41) is 11.4. The molecule has 0 saturated heterocycles. The fourth-order valence-electron chi connectivity index (χ4n) is 5.43. The van der Waals surface area contributed by atoms with Crippen molar-refractivity contribution in [2.24, 2.45) is 0 Å². The van der Waals surface area contributed by atoms with Gasteiger partial charge in [-0.05, 0) is 48.2 Å². The molecule has 12 nitrogen and oxygen atoms in total. The molecule has 2 aliphatic heterocycles. The van der Waals surface area contributed by atoms with Crippen molar-refractivity contribution >= 4 is 11.2 Å². The fraction of sp³-hybridized carbons (Fsp3) is 0.345. The van der Waals surface area contributed by atoms with E-state index >= 15 is 0 Å². The molecule has 2 aromatic carbocycles. The van der Waals surface area contributed by atoms with Crippen LogP contribution in [0.2, 0.25) is 0 Å². The number of rotatable bonds is 8. The molecule has 12 heteroatoms. The summed E-state index contributed by atoms with van der Waals surface area (Å²) in [4.78, 5) is 43.3. The molecule has 1 saturated carbocycles. The Bertz CT molecular complexity index is 1720. The van der Waals surface area contributed by atoms with Crippen molar-refractivity contribution in [3.8, 4) is 23.0 Å². The minimum atomic E-state index is -0.557. The maximum Gasteiger partial charge on any atom is 0.350 e. The van der Waals surface area contributed by atoms with Gasteiger partial charge in [-0.25, -0.2) is 19.7 Å². The zero-order valence-electron chi connectivity index (χ0n) is 22.8. The van der Waals surface area contributed by atoms with E-state index in [0.717, 1.165) is 22.6 Å². The van der Waals surface area contributed by atoms with Gasteiger partial charge >= 0.3 is 5.69 Å². The van der Waals surface area contributed by atoms with Gasteiger partial charge in [-0.15, -0.1) is 0 Å². The second-order valence-corrected chi connectivity index (χ2v) is 10.3. The molecule has 3 aliphatic rings. The number of benzene rings is 2. The van der Waals surface area contributed by atoms with Crippen molar-refractivity contribution in [3.63, 3.8) is 0 Å². The predicted octanol–water partition coefficient (Wildman–Crippen LogP) is 3.90. The first-order valence-electron chi connectivity index (χ1n) is 13.5. The Hall–Kier alpha value is -4.87. The highest BCUT2D eigenvalue weighted by Gasteiger charge is 2.32. The zero-order valence-corrected chi connectivity index (χ0v) is 22.8. The Labute approximate surface area is 235 Å². The third kappa shape index (κ3) is 5.20. The van der Waals surface area contributed by atoms with Crippen molar-refractivity contribution in [1.29, 1.82) is 0 Å². The van der Waals surface area contributed by atoms with Crippen LogP contribution in [-0.4, -0.2) is 54.3 Å². The molecule has 3 heterocycles. The topological polar surface area (TPSA) is 140 Å². The van der Waals surface area contributed by atoms with Gasteiger partial charge in [-0.2, -0.15) is 4.98 Å². The van der Waals surface area contributed by atoms with Crippen molar-refractivity contribution in [2.75, 3.05) is 14.2 Å². The maximum absolute atomic E-state index is 13.2. The summed E-state index contributed by atoms with van der Waals surface area (Å²) in [5.74, 6) is 2.33. The first-order valence-corrected chi connectivity index (χ1v) is 13.5. The van der Waals surface area contributed by atoms with Crippen LogP contribution in [0.15, 0.2) is 59.7 Å². The zero-order chi connectivity index (χ0) is 28.5. The van der Waals surface area contributed by atoms with E-state index in [1.807, 2.05) is 53.1 Å². The lowest BCUT2D eigenvalue weighted by Gasteiger charge is -2.22. The van der Waals surface area contributed by atoms with Gasteiger partial charge in [0, 0.05) is 23.7 Å². The molecule has 0 atom stereocenters. The van der Waals surface area contributed by atoms with Gasteiger partial charge < -0.3 is 14.0 Å². The van der Waals surface area contributed by atoms with Crippen LogP contribution in [0.5, 0.6) is 11.5 Å². The molecule has 6 rings (SSSR count). The number of imidazole rings is 2. The Balaban J connectivity index is 1.45. The number of nitro groups is 1. The van der Waals surface area contributed by atoms with Crippen molar-refractivity contribution in [1.82, 2.24) is 29.1 Å². The smallest absolute Gasteiger partial charge is 0.350 e. The van der Waals surface area contributed by atoms with Gasteiger partial charge in [0.05, 0.1) is 33.6 Å². The number of nitrogens with zero attached hydrogens (tertiary/aromatic N) is 7. The van der Waals surface area contributed by atoms with Crippen LogP contribution in [0.1, 0.15) is 48.6 Å². The number of hydrogen-bond donors (Lipinski definition) is 0. The average Bonchev–Trinajstić information content (AvgIpc) is 3.47. The van der Waals surface area contributed by atoms with Crippen molar-refractivity contribution in [3.05, 3.63) is 92.4 Å². The number of ether oxygens (including phenoxy) is 2. The molecule has 0 radical (unpaired) electrons. The molecule has 0 bridgehead atoms. The third-order valence-electron chi connectivity index (χ3n) is 7.75. The Morgan fingerprint density at radius 2 is 1.49 bits per heavy atom. The molecule has 1 fully saturated rings. The SMILES string of the molecule is COc1ccc(Cn2c3nc(C4CCC([N+](=O)[O-])CC4)nc4c(ncn4Cc4ccc(OC)cc4)c-3nc2=O)cc1. The van der Waals surface area contributed by atoms with Crippen LogP contribution in [0.25, 0.3) is 22.7 Å². The van der Waals surface area contributed by atoms with Crippen LogP contribution in [0, 0.1) is 10.1 Å². The Kier molecular flexibility index (Phi) is 7.04. The number of aromatic nitrogens is 6. The second kappa shape index (κ2) is 11.0. The number of methoxy groups -OCH3 is 2. The van der Waals surface area contributed by atoms with Crippen LogP contribution in [0.4, 0.5) is 0 Å². The summed E-state index contributed by atoms with van der Waals surface area (Å²) in [6.07, 6.45) is 3.77. The highest BCUT2D eigenvalue weighted by molar-refractivity contribution is 5.85. The fourth-order valence-corrected chi connectivity index (χ4v) is 5.43. The van der Waals surface area contributed by atoms with Crippen LogP contribution >= 0.6 is 0 Å². The quantitative estimate of drug-likeness (QED) is 0.206. The molecule has 0 N–H and O–H groups in total. The summed E-state index contributed by atoms with van der Waals surface area (Å²) in [6.45, 7) is 0.751. The molecule has 0 spiro atoms. The highest BCUT2D eigenvalue weighted by atomic mass is 16.6. The highest BCUT2D eigenvalue weighted by Crippen LogP contribution is 2.34. The summed E-state index contributed by atoms with van der Waals surface area (Å²) in [7, 11) is 3.23. The molecular weight excluding hydrogens is 526 g/mol. The van der Waals surface area contributed by atoms with Crippen molar-refractivity contribution in [2.45, 2.75) is 50.7 Å². The van der Waals surface area contributed by atoms with Gasteiger partial charge in [0.25, 0.3) is 0 Å². The van der Waals surface area contributed by atoms with Gasteiger partial charge in [0.1, 0.15) is 28.5 Å². The van der Waals surface area contributed by atoms with E-state index in [1.54, 1.807) is 20.5 Å². The van der Waals surface area contributed by atoms with E-state index in [4.69, 9.17) is 19.4 Å². The molecule has 1 aromatic heterocycles. The maximum atomic E-state index is 13.2. The molecule has 41 heavy (non-hydrogen) atoms. The van der Waals surface area contributed by atoms with Crippen LogP contribution in [0.3, 0.4) is 0 Å². The Morgan fingerprint density at radius 3 is 2.07 bits per heavy atom. The van der Waals surface area contributed by atoms with E-state index < -0.39 is 11.7 Å². The lowest BCUT2D eigenvalue weighted by molar-refractivity contribution is -0.526. The predicted molar refractivity (Wildman–Crippen MR) is 150 cm³/mol. The van der Waals surface area contributed by atoms with Gasteiger partial charge in [-0.1, -0.05) is 24.3 Å². The molecule has 210 valence electrons. The normalized spacial score (nSPS) is 17.1. The summed E-state index contributed by atoms with van der Waals surface area (Å²) < 4.78 is 14.0. The molecule has 0 amide bonds. The van der Waals surface area contributed by atoms with Crippen molar-refractivity contribution < 1.29 is 14.4 Å². The van der Waals surface area contributed by atoms with Crippen LogP contribution in [-0.2, 0) is 13.1 Å². The third-order valence-corrected chi connectivity index (χ3v) is 7.75. The summed E-state index contributed by atoms with van der Waals surface area (Å²) >= 11 is 0. The number of fused-ring (bicyclic) bond motifs is 3. The lowest BCUT2D eigenvalue weighted by Crippen LogP contribution is -2.26. The number of hydrogen-bond acceptors (Lipinski definition) is 9. The largest absolute Gasteiger partial charge is 0.497 e. The van der Waals surface area contributed by atoms with E-state index in [1.165, 1.54) is 4.57 Å². The van der Waals surface area contributed by atoms with E-state index in [0.29, 0.717) is 60.7 Å². The Morgan fingerprint density at radius 1 is 0.878 bits per heavy atom. The van der Waals surface area contributed by atoms with Crippen LogP contribution < -0.4 is 15.2 Å². The monoisotopic (exact) mass is 555 g/mol. The van der Waals surface area contributed by atoms with E-state index in [9.17, 15) is 14.9 Å².